The Balaban J connectivity index is 1.32. The molecule has 10 rings (SSSR count). The van der Waals surface area contributed by atoms with Gasteiger partial charge < -0.3 is 13.9 Å². The molecule has 1 aliphatic heterocycles. The lowest BCUT2D eigenvalue weighted by molar-refractivity contribution is 0.669. The first kappa shape index (κ1) is 24.3. The van der Waals surface area contributed by atoms with Crippen molar-refractivity contribution in [2.45, 2.75) is 0 Å². The second-order valence-corrected chi connectivity index (χ2v) is 11.5. The van der Waals surface area contributed by atoms with Gasteiger partial charge in [-0.25, -0.2) is 0 Å². The Kier molecular flexibility index (Phi) is 4.93. The maximum atomic E-state index is 6.34. The van der Waals surface area contributed by atoms with Crippen LogP contribution in [0.25, 0.3) is 71.7 Å². The van der Waals surface area contributed by atoms with Gasteiger partial charge in [-0.2, -0.15) is 0 Å². The van der Waals surface area contributed by atoms with Gasteiger partial charge in [-0.3, -0.25) is 9.97 Å². The fourth-order valence-corrected chi connectivity index (χ4v) is 7.17. The van der Waals surface area contributed by atoms with E-state index in [-0.39, 0.29) is 0 Å². The summed E-state index contributed by atoms with van der Waals surface area (Å²) in [5, 5.41) is 4.71. The van der Waals surface area contributed by atoms with Crippen LogP contribution in [0.5, 0.6) is 0 Å². The molecule has 0 bridgehead atoms. The minimum atomic E-state index is 0.905. The summed E-state index contributed by atoms with van der Waals surface area (Å²) in [6, 6.07) is 43.0. The Hall–Kier alpha value is -6.20. The van der Waals surface area contributed by atoms with Crippen molar-refractivity contribution in [1.29, 1.82) is 0 Å². The Labute approximate surface area is 258 Å². The summed E-state index contributed by atoms with van der Waals surface area (Å²) < 4.78 is 8.77. The third-order valence-corrected chi connectivity index (χ3v) is 9.04. The first-order valence-corrected chi connectivity index (χ1v) is 15.1. The SMILES string of the molecule is c1cncc(-c2cc(-c3cccnc3)cc(N3c4ccccc4-n4c5ccc6oc7ccccc7c6c5c5cccc3c54)c2)c1. The van der Waals surface area contributed by atoms with Gasteiger partial charge in [0.2, 0.25) is 0 Å². The predicted octanol–water partition coefficient (Wildman–Crippen LogP) is 10.6. The molecule has 5 aromatic carbocycles. The summed E-state index contributed by atoms with van der Waals surface area (Å²) in [5.41, 5.74) is 12.9. The molecule has 5 heterocycles. The van der Waals surface area contributed by atoms with E-state index in [9.17, 15) is 0 Å². The largest absolute Gasteiger partial charge is 0.456 e. The van der Waals surface area contributed by atoms with Crippen molar-refractivity contribution in [2.75, 3.05) is 4.90 Å². The van der Waals surface area contributed by atoms with Gasteiger partial charge in [0.15, 0.2) is 0 Å². The zero-order valence-electron chi connectivity index (χ0n) is 24.1. The highest BCUT2D eigenvalue weighted by Crippen LogP contribution is 2.52. The monoisotopic (exact) mass is 576 g/mol. The van der Waals surface area contributed by atoms with E-state index in [0.29, 0.717) is 0 Å². The molecule has 0 amide bonds. The van der Waals surface area contributed by atoms with E-state index in [0.717, 1.165) is 66.9 Å². The standard InChI is InChI=1S/C40H24N4O/c1-4-15-36-30(10-1)39-37(45-36)17-16-34-38(39)31-11-5-14-35-40(31)44(34)33-13-3-2-12-32(33)43(35)29-21-27(25-8-6-18-41-23-25)20-28(22-29)26-9-7-19-42-24-26/h1-24H. The summed E-state index contributed by atoms with van der Waals surface area (Å²) in [6.45, 7) is 0. The molecule has 5 nitrogen and oxygen atoms in total. The number of benzene rings is 5. The number of fused-ring (bicyclic) bond motifs is 9. The van der Waals surface area contributed by atoms with Crippen molar-refractivity contribution >= 4 is 60.8 Å². The second-order valence-electron chi connectivity index (χ2n) is 11.5. The van der Waals surface area contributed by atoms with Crippen LogP contribution < -0.4 is 4.90 Å². The van der Waals surface area contributed by atoms with E-state index in [1.165, 1.54) is 21.8 Å². The summed E-state index contributed by atoms with van der Waals surface area (Å²) in [6.07, 6.45) is 7.48. The first-order chi connectivity index (χ1) is 22.3. The van der Waals surface area contributed by atoms with E-state index < -0.39 is 0 Å². The van der Waals surface area contributed by atoms with Crippen LogP contribution >= 0.6 is 0 Å². The topological polar surface area (TPSA) is 47.1 Å². The molecule has 45 heavy (non-hydrogen) atoms. The van der Waals surface area contributed by atoms with Crippen molar-refractivity contribution in [3.8, 4) is 27.9 Å². The van der Waals surface area contributed by atoms with Crippen LogP contribution in [0, 0.1) is 0 Å². The molecular formula is C40H24N4O. The molecule has 0 N–H and O–H groups in total. The third kappa shape index (κ3) is 3.43. The van der Waals surface area contributed by atoms with Gasteiger partial charge in [-0.1, -0.05) is 54.6 Å². The van der Waals surface area contributed by atoms with E-state index >= 15 is 0 Å². The summed E-state index contributed by atoms with van der Waals surface area (Å²) in [5.74, 6) is 0. The van der Waals surface area contributed by atoms with Crippen molar-refractivity contribution in [3.63, 3.8) is 0 Å². The van der Waals surface area contributed by atoms with E-state index in [2.05, 4.69) is 123 Å². The molecule has 0 aliphatic carbocycles. The normalized spacial score (nSPS) is 12.4. The molecule has 0 saturated carbocycles. The third-order valence-electron chi connectivity index (χ3n) is 9.04. The molecule has 0 spiro atoms. The average Bonchev–Trinajstić information content (AvgIpc) is 3.66. The highest BCUT2D eigenvalue weighted by molar-refractivity contribution is 6.29. The Morgan fingerprint density at radius 3 is 1.93 bits per heavy atom. The molecule has 0 unspecified atom stereocenters. The number of aromatic nitrogens is 3. The number of rotatable bonds is 3. The van der Waals surface area contributed by atoms with Crippen LogP contribution in [0.3, 0.4) is 0 Å². The number of anilines is 3. The van der Waals surface area contributed by atoms with Gasteiger partial charge in [0, 0.05) is 63.1 Å². The molecule has 0 radical (unpaired) electrons. The number of hydrogen-bond acceptors (Lipinski definition) is 4. The first-order valence-electron chi connectivity index (χ1n) is 15.1. The lowest BCUT2D eigenvalue weighted by Gasteiger charge is -2.33. The zero-order valence-corrected chi connectivity index (χ0v) is 24.1. The van der Waals surface area contributed by atoms with Crippen molar-refractivity contribution in [3.05, 3.63) is 146 Å². The Bertz CT molecular complexity index is 2540. The summed E-state index contributed by atoms with van der Waals surface area (Å²) in [4.78, 5) is 11.3. The van der Waals surface area contributed by atoms with Crippen LogP contribution in [0.2, 0.25) is 0 Å². The Morgan fingerprint density at radius 1 is 0.489 bits per heavy atom. The summed E-state index contributed by atoms with van der Waals surface area (Å²) in [7, 11) is 0. The van der Waals surface area contributed by atoms with Gasteiger partial charge in [0.25, 0.3) is 0 Å². The summed E-state index contributed by atoms with van der Waals surface area (Å²) >= 11 is 0. The van der Waals surface area contributed by atoms with Crippen LogP contribution in [-0.4, -0.2) is 14.5 Å². The van der Waals surface area contributed by atoms with E-state index in [4.69, 9.17) is 4.42 Å². The van der Waals surface area contributed by atoms with Gasteiger partial charge in [0.1, 0.15) is 11.2 Å². The number of furan rings is 1. The van der Waals surface area contributed by atoms with Gasteiger partial charge in [-0.05, 0) is 77.9 Å². The van der Waals surface area contributed by atoms with Crippen molar-refractivity contribution in [2.24, 2.45) is 0 Å². The Morgan fingerprint density at radius 2 is 1.18 bits per heavy atom. The molecule has 210 valence electrons. The minimum absolute atomic E-state index is 0.905. The number of nitrogens with zero attached hydrogens (tertiary/aromatic N) is 4. The minimum Gasteiger partial charge on any atom is -0.456 e. The van der Waals surface area contributed by atoms with Crippen LogP contribution in [0.15, 0.2) is 151 Å². The number of pyridine rings is 2. The number of hydrogen-bond donors (Lipinski definition) is 0. The highest BCUT2D eigenvalue weighted by Gasteiger charge is 2.30. The van der Waals surface area contributed by atoms with Crippen molar-refractivity contribution < 1.29 is 4.42 Å². The fourth-order valence-electron chi connectivity index (χ4n) is 7.17. The maximum Gasteiger partial charge on any atom is 0.136 e. The molecule has 4 aromatic heterocycles. The van der Waals surface area contributed by atoms with Crippen LogP contribution in [0.4, 0.5) is 17.1 Å². The van der Waals surface area contributed by atoms with Crippen LogP contribution in [0.1, 0.15) is 0 Å². The predicted molar refractivity (Wildman–Crippen MR) is 183 cm³/mol. The fraction of sp³-hybridized carbons (Fsp3) is 0. The molecular weight excluding hydrogens is 552 g/mol. The molecule has 5 heteroatoms. The van der Waals surface area contributed by atoms with E-state index in [1.54, 1.807) is 0 Å². The molecule has 0 fully saturated rings. The second kappa shape index (κ2) is 9.15. The molecule has 0 saturated heterocycles. The average molecular weight is 577 g/mol. The lowest BCUT2D eigenvalue weighted by atomic mass is 9.98. The van der Waals surface area contributed by atoms with Gasteiger partial charge in [0.05, 0.1) is 28.1 Å². The quantitative estimate of drug-likeness (QED) is 0.210. The van der Waals surface area contributed by atoms with Crippen molar-refractivity contribution in [1.82, 2.24) is 14.5 Å². The van der Waals surface area contributed by atoms with Gasteiger partial charge in [-0.15, -0.1) is 0 Å². The molecule has 9 aromatic rings. The maximum absolute atomic E-state index is 6.34. The zero-order chi connectivity index (χ0) is 29.5. The lowest BCUT2D eigenvalue weighted by Crippen LogP contribution is -2.18. The highest BCUT2D eigenvalue weighted by atomic mass is 16.3. The molecule has 1 aliphatic rings. The van der Waals surface area contributed by atoms with Gasteiger partial charge >= 0.3 is 0 Å². The van der Waals surface area contributed by atoms with Crippen LogP contribution in [-0.2, 0) is 0 Å². The smallest absolute Gasteiger partial charge is 0.136 e. The van der Waals surface area contributed by atoms with E-state index in [1.807, 2.05) is 43.0 Å². The molecule has 0 atom stereocenters. The number of para-hydroxylation sites is 4.